The molecule has 2 atom stereocenters. The molecule has 0 saturated heterocycles. The molecule has 0 amide bonds. The summed E-state index contributed by atoms with van der Waals surface area (Å²) in [4.78, 5) is 17.3. The van der Waals surface area contributed by atoms with Gasteiger partial charge in [-0.3, -0.25) is 9.79 Å². The Kier molecular flexibility index (Phi) is 7.87. The van der Waals surface area contributed by atoms with Crippen LogP contribution in [0.1, 0.15) is 23.6 Å². The van der Waals surface area contributed by atoms with Crippen LogP contribution in [0.5, 0.6) is 5.75 Å². The largest absolute Gasteiger partial charge is 0.573 e. The van der Waals surface area contributed by atoms with E-state index in [1.807, 2.05) is 0 Å². The summed E-state index contributed by atoms with van der Waals surface area (Å²) in [5, 5.41) is 0. The number of methoxy groups -OCH3 is 1. The second-order valence-corrected chi connectivity index (χ2v) is 8.28. The summed E-state index contributed by atoms with van der Waals surface area (Å²) in [5.74, 6) is -3.27. The van der Waals surface area contributed by atoms with E-state index in [4.69, 9.17) is 9.47 Å². The van der Waals surface area contributed by atoms with E-state index in [1.165, 1.54) is 37.4 Å². The highest BCUT2D eigenvalue weighted by Crippen LogP contribution is 2.39. The molecule has 4 rings (SSSR count). The Morgan fingerprint density at radius 2 is 1.51 bits per heavy atom. The van der Waals surface area contributed by atoms with Crippen molar-refractivity contribution in [3.05, 3.63) is 89.5 Å². The van der Waals surface area contributed by atoms with Crippen LogP contribution in [-0.4, -0.2) is 38.4 Å². The molecule has 0 bridgehead atoms. The molecule has 194 valence electrons. The number of halogens is 5. The Morgan fingerprint density at radius 1 is 0.919 bits per heavy atom. The smallest absolute Gasteiger partial charge is 0.463 e. The van der Waals surface area contributed by atoms with Crippen molar-refractivity contribution in [2.75, 3.05) is 20.3 Å². The molecule has 3 aromatic carbocycles. The van der Waals surface area contributed by atoms with E-state index in [0.29, 0.717) is 16.7 Å². The number of alkyl halides is 3. The van der Waals surface area contributed by atoms with Crippen molar-refractivity contribution in [2.24, 2.45) is 10.9 Å². The molecule has 1 aliphatic rings. The third-order valence-corrected chi connectivity index (χ3v) is 5.85. The SMILES string of the molecule is COCCOC(=O)[C@H]1CC(c2c(F)cccc2F)=NC1c1ccc(-c2ccc(OC(F)(F)F)cc2)cc1. The number of benzene rings is 3. The number of ether oxygens (including phenoxy) is 3. The number of carbonyl (C=O) groups is 1. The Hall–Kier alpha value is -3.79. The van der Waals surface area contributed by atoms with E-state index in [0.717, 1.165) is 12.1 Å². The van der Waals surface area contributed by atoms with Crippen molar-refractivity contribution < 1.29 is 41.0 Å². The predicted octanol–water partition coefficient (Wildman–Crippen LogP) is 6.27. The number of rotatable bonds is 8. The van der Waals surface area contributed by atoms with Crippen LogP contribution in [0.2, 0.25) is 0 Å². The third-order valence-electron chi connectivity index (χ3n) is 5.85. The summed E-state index contributed by atoms with van der Waals surface area (Å²) in [7, 11) is 1.47. The van der Waals surface area contributed by atoms with E-state index in [9.17, 15) is 26.7 Å². The number of hydrogen-bond acceptors (Lipinski definition) is 5. The fourth-order valence-corrected chi connectivity index (χ4v) is 4.14. The molecule has 0 aliphatic carbocycles. The molecule has 0 radical (unpaired) electrons. The van der Waals surface area contributed by atoms with Crippen molar-refractivity contribution in [1.29, 1.82) is 0 Å². The lowest BCUT2D eigenvalue weighted by atomic mass is 9.90. The minimum absolute atomic E-state index is 0.0171. The first-order chi connectivity index (χ1) is 17.7. The second kappa shape index (κ2) is 11.1. The topological polar surface area (TPSA) is 57.1 Å². The zero-order valence-corrected chi connectivity index (χ0v) is 19.6. The zero-order chi connectivity index (χ0) is 26.6. The van der Waals surface area contributed by atoms with Crippen molar-refractivity contribution in [1.82, 2.24) is 0 Å². The maximum absolute atomic E-state index is 14.4. The van der Waals surface area contributed by atoms with Gasteiger partial charge in [0.25, 0.3) is 0 Å². The fourth-order valence-electron chi connectivity index (χ4n) is 4.14. The standard InChI is InChI=1S/C27H22F5NO4/c1-35-13-14-36-26(34)20-15-23(24-21(28)3-2-4-22(24)29)33-25(20)18-7-5-16(6-8-18)17-9-11-19(12-10-17)37-27(30,31)32/h2-12,20,25H,13-15H2,1H3/t20-,25?/m0/s1. The average Bonchev–Trinajstić information content (AvgIpc) is 3.29. The van der Waals surface area contributed by atoms with Crippen molar-refractivity contribution in [3.8, 4) is 16.9 Å². The summed E-state index contributed by atoms with van der Waals surface area (Å²) in [5.41, 5.74) is 1.79. The molecular formula is C27H22F5NO4. The lowest BCUT2D eigenvalue weighted by Gasteiger charge is -2.17. The molecule has 1 heterocycles. The summed E-state index contributed by atoms with van der Waals surface area (Å²) in [6.07, 6.45) is -4.80. The first-order valence-corrected chi connectivity index (χ1v) is 11.3. The fraction of sp³-hybridized carbons (Fsp3) is 0.259. The van der Waals surface area contributed by atoms with Gasteiger partial charge < -0.3 is 14.2 Å². The quantitative estimate of drug-likeness (QED) is 0.200. The predicted molar refractivity (Wildman–Crippen MR) is 125 cm³/mol. The third kappa shape index (κ3) is 6.32. The maximum Gasteiger partial charge on any atom is 0.573 e. The van der Waals surface area contributed by atoms with E-state index < -0.39 is 35.9 Å². The van der Waals surface area contributed by atoms with Gasteiger partial charge in [-0.1, -0.05) is 42.5 Å². The molecule has 5 nitrogen and oxygen atoms in total. The van der Waals surface area contributed by atoms with Crippen LogP contribution in [0.4, 0.5) is 22.0 Å². The zero-order valence-electron chi connectivity index (χ0n) is 19.6. The molecular weight excluding hydrogens is 497 g/mol. The summed E-state index contributed by atoms with van der Waals surface area (Å²) < 4.78 is 80.2. The summed E-state index contributed by atoms with van der Waals surface area (Å²) >= 11 is 0. The first-order valence-electron chi connectivity index (χ1n) is 11.3. The highest BCUT2D eigenvalue weighted by Gasteiger charge is 2.39. The van der Waals surface area contributed by atoms with Gasteiger partial charge in [0.1, 0.15) is 24.0 Å². The average molecular weight is 519 g/mol. The normalized spacial score (nSPS) is 17.4. The molecule has 1 aliphatic heterocycles. The van der Waals surface area contributed by atoms with Gasteiger partial charge in [0, 0.05) is 19.2 Å². The van der Waals surface area contributed by atoms with Gasteiger partial charge in [0.15, 0.2) is 0 Å². The Bertz CT molecular complexity index is 1250. The van der Waals surface area contributed by atoms with Gasteiger partial charge in [-0.05, 0) is 41.0 Å². The number of carbonyl (C=O) groups excluding carboxylic acids is 1. The molecule has 0 aromatic heterocycles. The lowest BCUT2D eigenvalue weighted by molar-refractivity contribution is -0.274. The van der Waals surface area contributed by atoms with E-state index in [2.05, 4.69) is 9.73 Å². The molecule has 37 heavy (non-hydrogen) atoms. The Balaban J connectivity index is 1.60. The van der Waals surface area contributed by atoms with E-state index in [1.54, 1.807) is 24.3 Å². The molecule has 0 N–H and O–H groups in total. The molecule has 0 spiro atoms. The molecule has 1 unspecified atom stereocenters. The van der Waals surface area contributed by atoms with Gasteiger partial charge in [0.05, 0.1) is 24.1 Å². The van der Waals surface area contributed by atoms with Crippen LogP contribution in [0, 0.1) is 17.6 Å². The van der Waals surface area contributed by atoms with Crippen LogP contribution in [0.25, 0.3) is 11.1 Å². The molecule has 10 heteroatoms. The number of hydrogen-bond donors (Lipinski definition) is 0. The van der Waals surface area contributed by atoms with E-state index in [-0.39, 0.29) is 36.7 Å². The van der Waals surface area contributed by atoms with Crippen LogP contribution in [0.3, 0.4) is 0 Å². The molecule has 0 fully saturated rings. The van der Waals surface area contributed by atoms with Gasteiger partial charge in [-0.15, -0.1) is 13.2 Å². The number of esters is 1. The van der Waals surface area contributed by atoms with E-state index >= 15 is 0 Å². The van der Waals surface area contributed by atoms with Crippen LogP contribution in [0.15, 0.2) is 71.7 Å². The monoisotopic (exact) mass is 519 g/mol. The number of nitrogens with zero attached hydrogens (tertiary/aromatic N) is 1. The van der Waals surface area contributed by atoms with Crippen LogP contribution in [-0.2, 0) is 14.3 Å². The first kappa shape index (κ1) is 26.3. The minimum Gasteiger partial charge on any atom is -0.463 e. The highest BCUT2D eigenvalue weighted by atomic mass is 19.4. The van der Waals surface area contributed by atoms with Crippen molar-refractivity contribution >= 4 is 11.7 Å². The van der Waals surface area contributed by atoms with Crippen molar-refractivity contribution in [2.45, 2.75) is 18.8 Å². The van der Waals surface area contributed by atoms with Crippen molar-refractivity contribution in [3.63, 3.8) is 0 Å². The van der Waals surface area contributed by atoms with Gasteiger partial charge in [-0.25, -0.2) is 8.78 Å². The molecule has 3 aromatic rings. The number of aliphatic imine (C=N–C) groups is 1. The Morgan fingerprint density at radius 3 is 2.08 bits per heavy atom. The molecule has 0 saturated carbocycles. The van der Waals surface area contributed by atoms with Gasteiger partial charge in [0.2, 0.25) is 0 Å². The van der Waals surface area contributed by atoms with Crippen LogP contribution < -0.4 is 4.74 Å². The lowest BCUT2D eigenvalue weighted by Crippen LogP contribution is -2.23. The Labute approximate surface area is 209 Å². The highest BCUT2D eigenvalue weighted by molar-refractivity contribution is 6.04. The van der Waals surface area contributed by atoms with Gasteiger partial charge in [-0.2, -0.15) is 0 Å². The summed E-state index contributed by atoms with van der Waals surface area (Å²) in [6.45, 7) is 0.217. The summed E-state index contributed by atoms with van der Waals surface area (Å²) in [6, 6.07) is 15.0. The minimum atomic E-state index is -4.78. The van der Waals surface area contributed by atoms with Crippen LogP contribution >= 0.6 is 0 Å². The maximum atomic E-state index is 14.4. The second-order valence-electron chi connectivity index (χ2n) is 8.28. The van der Waals surface area contributed by atoms with Gasteiger partial charge >= 0.3 is 12.3 Å².